The summed E-state index contributed by atoms with van der Waals surface area (Å²) >= 11 is 6.14. The lowest BCUT2D eigenvalue weighted by Crippen LogP contribution is -2.29. The molecule has 2 N–H and O–H groups in total. The molecule has 0 unspecified atom stereocenters. The van der Waals surface area contributed by atoms with Crippen molar-refractivity contribution >= 4 is 34.4 Å². The zero-order valence-corrected chi connectivity index (χ0v) is 15.5. The molecular formula is C19H21ClN2O4. The van der Waals surface area contributed by atoms with Crippen LogP contribution in [0.4, 0.5) is 0 Å². The number of fused-ring (bicyclic) bond motifs is 3. The van der Waals surface area contributed by atoms with Crippen LogP contribution in [0.5, 0.6) is 0 Å². The first-order chi connectivity index (χ1) is 12.4. The van der Waals surface area contributed by atoms with Gasteiger partial charge in [0.25, 0.3) is 0 Å². The Hall–Kier alpha value is -2.31. The van der Waals surface area contributed by atoms with E-state index in [4.69, 9.17) is 21.1 Å². The minimum atomic E-state index is -0.378. The number of ether oxygens (including phenoxy) is 2. The van der Waals surface area contributed by atoms with Gasteiger partial charge in [-0.25, -0.2) is 0 Å². The molecule has 0 saturated carbocycles. The van der Waals surface area contributed by atoms with Crippen LogP contribution in [0.15, 0.2) is 29.8 Å². The zero-order chi connectivity index (χ0) is 18.7. The molecule has 1 aromatic carbocycles. The van der Waals surface area contributed by atoms with Gasteiger partial charge in [-0.05, 0) is 30.2 Å². The number of aromatic nitrogens is 1. The molecule has 138 valence electrons. The molecule has 0 spiro atoms. The van der Waals surface area contributed by atoms with Crippen LogP contribution in [0.2, 0.25) is 5.02 Å². The Kier molecular flexibility index (Phi) is 5.64. The van der Waals surface area contributed by atoms with Gasteiger partial charge in [0.15, 0.2) is 0 Å². The number of hydrogen-bond acceptors (Lipinski definition) is 5. The van der Waals surface area contributed by atoms with Crippen molar-refractivity contribution in [1.29, 1.82) is 0 Å². The van der Waals surface area contributed by atoms with Gasteiger partial charge in [-0.15, -0.1) is 0 Å². The van der Waals surface area contributed by atoms with Crippen molar-refractivity contribution in [3.8, 4) is 0 Å². The number of nitrogens with one attached hydrogen (secondary N) is 2. The van der Waals surface area contributed by atoms with Gasteiger partial charge in [0.2, 0.25) is 0 Å². The van der Waals surface area contributed by atoms with Crippen LogP contribution in [0.1, 0.15) is 31.1 Å². The molecule has 0 aliphatic carbocycles. The Morgan fingerprint density at radius 1 is 1.23 bits per heavy atom. The van der Waals surface area contributed by atoms with E-state index in [-0.39, 0.29) is 31.2 Å². The fourth-order valence-corrected chi connectivity index (χ4v) is 3.31. The number of hydrogen-bond donors (Lipinski definition) is 2. The van der Waals surface area contributed by atoms with Gasteiger partial charge in [-0.3, -0.25) is 9.59 Å². The minimum Gasteiger partial charge on any atom is -0.461 e. The molecule has 2 aromatic rings. The summed E-state index contributed by atoms with van der Waals surface area (Å²) in [5, 5.41) is 5.26. The largest absolute Gasteiger partial charge is 0.461 e. The quantitative estimate of drug-likeness (QED) is 0.619. The lowest BCUT2D eigenvalue weighted by Gasteiger charge is -2.23. The molecule has 0 bridgehead atoms. The first-order valence-corrected chi connectivity index (χ1v) is 8.81. The smallest absolute Gasteiger partial charge is 0.302 e. The maximum Gasteiger partial charge on any atom is 0.302 e. The number of carbonyl (C=O) groups excluding carboxylic acids is 2. The van der Waals surface area contributed by atoms with Crippen LogP contribution in [0, 0.1) is 0 Å². The van der Waals surface area contributed by atoms with Crippen LogP contribution < -0.4 is 5.32 Å². The number of H-pyrrole nitrogens is 1. The number of rotatable bonds is 5. The van der Waals surface area contributed by atoms with E-state index in [1.54, 1.807) is 0 Å². The van der Waals surface area contributed by atoms with Crippen LogP contribution in [0.25, 0.3) is 10.9 Å². The molecule has 0 fully saturated rings. The minimum absolute atomic E-state index is 0.0855. The molecular weight excluding hydrogens is 356 g/mol. The fraction of sp³-hybridized carbons (Fsp3) is 0.368. The Labute approximate surface area is 156 Å². The Morgan fingerprint density at radius 3 is 2.58 bits per heavy atom. The van der Waals surface area contributed by atoms with Crippen molar-refractivity contribution in [2.45, 2.75) is 26.3 Å². The number of esters is 2. The molecule has 1 atom stereocenters. The van der Waals surface area contributed by atoms with Gasteiger partial charge in [-0.1, -0.05) is 17.7 Å². The van der Waals surface area contributed by atoms with Crippen molar-refractivity contribution in [3.05, 3.63) is 46.1 Å². The lowest BCUT2D eigenvalue weighted by molar-refractivity contribution is -0.141. The van der Waals surface area contributed by atoms with Crippen molar-refractivity contribution in [1.82, 2.24) is 10.3 Å². The highest BCUT2D eigenvalue weighted by Crippen LogP contribution is 2.32. The monoisotopic (exact) mass is 376 g/mol. The van der Waals surface area contributed by atoms with E-state index in [9.17, 15) is 9.59 Å². The molecule has 2 heterocycles. The summed E-state index contributed by atoms with van der Waals surface area (Å²) < 4.78 is 10.2. The second kappa shape index (κ2) is 7.93. The van der Waals surface area contributed by atoms with E-state index in [1.165, 1.54) is 19.4 Å². The third-order valence-corrected chi connectivity index (χ3v) is 4.51. The summed E-state index contributed by atoms with van der Waals surface area (Å²) in [5.74, 6) is -0.757. The highest BCUT2D eigenvalue weighted by Gasteiger charge is 2.23. The van der Waals surface area contributed by atoms with Gasteiger partial charge in [0, 0.05) is 47.6 Å². The highest BCUT2D eigenvalue weighted by atomic mass is 35.5. The Bertz CT molecular complexity index is 852. The van der Waals surface area contributed by atoms with Crippen LogP contribution in [-0.4, -0.2) is 36.7 Å². The van der Waals surface area contributed by atoms with Crippen molar-refractivity contribution in [2.75, 3.05) is 19.8 Å². The first-order valence-electron chi connectivity index (χ1n) is 8.43. The van der Waals surface area contributed by atoms with E-state index in [0.717, 1.165) is 35.1 Å². The third-order valence-electron chi connectivity index (χ3n) is 4.28. The summed E-state index contributed by atoms with van der Waals surface area (Å²) in [6, 6.07) is 5.70. The van der Waals surface area contributed by atoms with E-state index >= 15 is 0 Å². The van der Waals surface area contributed by atoms with Gasteiger partial charge >= 0.3 is 11.9 Å². The van der Waals surface area contributed by atoms with Crippen LogP contribution in [-0.2, 0) is 25.5 Å². The molecule has 1 aromatic heterocycles. The molecule has 6 nitrogen and oxygen atoms in total. The lowest BCUT2D eigenvalue weighted by atomic mass is 9.98. The van der Waals surface area contributed by atoms with E-state index < -0.39 is 0 Å². The summed E-state index contributed by atoms with van der Waals surface area (Å²) in [6.45, 7) is 3.68. The van der Waals surface area contributed by atoms with Gasteiger partial charge < -0.3 is 19.8 Å². The van der Waals surface area contributed by atoms with Crippen molar-refractivity contribution in [3.63, 3.8) is 0 Å². The number of aromatic amines is 1. The standard InChI is InChI=1S/C19H21ClN2O4/c1-11(23)25-9-13(10-26-12(2)24)7-18-19-15(5-6-21-18)16-8-14(20)3-4-17(16)22-19/h3-4,7-8,18,21-22H,5-6,9-10H2,1-2H3/t18-/m0/s1. The van der Waals surface area contributed by atoms with Gasteiger partial charge in [0.1, 0.15) is 13.2 Å². The molecule has 26 heavy (non-hydrogen) atoms. The van der Waals surface area contributed by atoms with Gasteiger partial charge in [0.05, 0.1) is 6.04 Å². The van der Waals surface area contributed by atoms with Gasteiger partial charge in [-0.2, -0.15) is 0 Å². The molecule has 0 amide bonds. The maximum atomic E-state index is 11.1. The van der Waals surface area contributed by atoms with E-state index in [2.05, 4.69) is 10.3 Å². The molecule has 1 aliphatic heterocycles. The molecule has 3 rings (SSSR count). The maximum absolute atomic E-state index is 11.1. The topological polar surface area (TPSA) is 80.4 Å². The molecule has 1 aliphatic rings. The summed E-state index contributed by atoms with van der Waals surface area (Å²) in [4.78, 5) is 25.7. The van der Waals surface area contributed by atoms with E-state index in [0.29, 0.717) is 5.02 Å². The summed E-state index contributed by atoms with van der Waals surface area (Å²) in [6.07, 6.45) is 2.84. The first kappa shape index (κ1) is 18.5. The fourth-order valence-electron chi connectivity index (χ4n) is 3.13. The van der Waals surface area contributed by atoms with E-state index in [1.807, 2.05) is 24.3 Å². The summed E-state index contributed by atoms with van der Waals surface area (Å²) in [5.41, 5.74) is 4.03. The van der Waals surface area contributed by atoms with Crippen molar-refractivity contribution < 1.29 is 19.1 Å². The average molecular weight is 377 g/mol. The Morgan fingerprint density at radius 2 is 1.92 bits per heavy atom. The number of benzene rings is 1. The number of halogens is 1. The predicted octanol–water partition coefficient (Wildman–Crippen LogP) is 3.06. The normalized spacial score (nSPS) is 16.0. The highest BCUT2D eigenvalue weighted by molar-refractivity contribution is 6.31. The molecule has 0 radical (unpaired) electrons. The van der Waals surface area contributed by atoms with Crippen molar-refractivity contribution in [2.24, 2.45) is 0 Å². The molecule has 0 saturated heterocycles. The second-order valence-corrected chi connectivity index (χ2v) is 6.71. The van der Waals surface area contributed by atoms with Crippen LogP contribution >= 0.6 is 11.6 Å². The summed E-state index contributed by atoms with van der Waals surface area (Å²) in [7, 11) is 0. The second-order valence-electron chi connectivity index (χ2n) is 6.27. The molecule has 7 heteroatoms. The number of carbonyl (C=O) groups is 2. The predicted molar refractivity (Wildman–Crippen MR) is 99.1 cm³/mol. The third kappa shape index (κ3) is 4.26. The van der Waals surface area contributed by atoms with Crippen LogP contribution in [0.3, 0.4) is 0 Å². The average Bonchev–Trinajstić information content (AvgIpc) is 2.96. The SMILES string of the molecule is CC(=O)OCC(=C[C@@H]1NCCc2c1[nH]c1ccc(Cl)cc21)COC(C)=O. The zero-order valence-electron chi connectivity index (χ0n) is 14.7. The Balaban J connectivity index is 1.92.